The molecule has 0 fully saturated rings. The summed E-state index contributed by atoms with van der Waals surface area (Å²) < 4.78 is 7.79. The fourth-order valence-corrected chi connectivity index (χ4v) is 6.25. The molecule has 0 saturated carbocycles. The molecule has 1 aromatic rings. The number of anilines is 1. The van der Waals surface area contributed by atoms with Crippen LogP contribution in [0.3, 0.4) is 0 Å². The average Bonchev–Trinajstić information content (AvgIpc) is 2.87. The Morgan fingerprint density at radius 1 is 0.974 bits per heavy atom. The first-order valence-corrected chi connectivity index (χ1v) is 27.6. The molecule has 0 radical (unpaired) electrons. The minimum atomic E-state index is -1.51. The van der Waals surface area contributed by atoms with E-state index in [9.17, 15) is 24.0 Å². The van der Waals surface area contributed by atoms with Crippen molar-refractivity contribution in [3.8, 4) is 0 Å². The fraction of sp³-hybridized carbons (Fsp3) is 0.560. The molecular weight excluding hydrogens is 761 g/mol. The average molecular weight is 800 g/mol. The quantitative estimate of drug-likeness (QED) is 0.111. The van der Waals surface area contributed by atoms with Crippen molar-refractivity contribution in [2.75, 3.05) is 11.9 Å². The number of primary amides is 1. The Hall–Kier alpha value is -2.41. The van der Waals surface area contributed by atoms with Crippen LogP contribution in [0.1, 0.15) is 58.9 Å². The largest absolute Gasteiger partial charge is 0.0603 e. The van der Waals surface area contributed by atoms with Crippen molar-refractivity contribution in [1.82, 2.24) is 19.0 Å². The van der Waals surface area contributed by atoms with Crippen LogP contribution in [-0.4, -0.2) is 48.5 Å². The summed E-state index contributed by atoms with van der Waals surface area (Å²) in [5.41, 5.74) is 6.34. The third-order valence-electron chi connectivity index (χ3n) is 5.62. The Morgan fingerprint density at radius 2 is 1.64 bits per heavy atom. The van der Waals surface area contributed by atoms with E-state index in [-0.39, 0.29) is 31.4 Å². The first kappa shape index (κ1) is 34.6. The molecule has 12 nitrogen and oxygen atoms in total. The predicted molar refractivity (Wildman–Crippen MR) is 147 cm³/mol. The van der Waals surface area contributed by atoms with Crippen molar-refractivity contribution in [3.05, 3.63) is 29.8 Å². The van der Waals surface area contributed by atoms with Crippen molar-refractivity contribution in [1.29, 1.82) is 0 Å². The zero-order valence-corrected chi connectivity index (χ0v) is 30.1. The molecule has 0 spiro atoms. The third kappa shape index (κ3) is 15.1. The van der Waals surface area contributed by atoms with E-state index in [1.54, 1.807) is 24.3 Å². The summed E-state index contributed by atoms with van der Waals surface area (Å²) in [6.07, 6.45) is 1.15. The van der Waals surface area contributed by atoms with Crippen LogP contribution in [0.15, 0.2) is 24.3 Å². The number of carbonyl (C=O) groups excluding carboxylic acids is 5. The number of benzene rings is 1. The Kier molecular flexibility index (Phi) is 16.7. The van der Waals surface area contributed by atoms with Crippen LogP contribution in [-0.2, 0) is 48.2 Å². The van der Waals surface area contributed by atoms with Crippen molar-refractivity contribution in [2.45, 2.75) is 72.1 Å². The molecule has 0 heterocycles. The number of nitrogens with two attached hydrogens (primary N) is 1. The summed E-state index contributed by atoms with van der Waals surface area (Å²) >= 11 is 1.79. The Morgan fingerprint density at radius 3 is 2.21 bits per heavy atom. The molecule has 14 heteroatoms. The van der Waals surface area contributed by atoms with E-state index in [0.29, 0.717) is 30.9 Å². The Bertz CT molecular complexity index is 963. The maximum Gasteiger partial charge on any atom is -0.0176 e. The van der Waals surface area contributed by atoms with Gasteiger partial charge in [0.05, 0.1) is 0 Å². The van der Waals surface area contributed by atoms with Gasteiger partial charge in [0.1, 0.15) is 6.04 Å². The number of halogens is 1. The Balaban J connectivity index is 2.88. The number of carbonyl (C=O) groups is 5. The van der Waals surface area contributed by atoms with Gasteiger partial charge in [0.2, 0.25) is 11.8 Å². The van der Waals surface area contributed by atoms with E-state index in [1.165, 1.54) is 0 Å². The molecule has 0 aromatic heterocycles. The number of rotatable bonds is 16. The molecule has 0 aliphatic rings. The summed E-state index contributed by atoms with van der Waals surface area (Å²) in [6.45, 7) is 7.99. The first-order chi connectivity index (χ1) is 18.4. The number of nitrogens with one attached hydrogen (secondary N) is 5. The zero-order chi connectivity index (χ0) is 29.4. The van der Waals surface area contributed by atoms with E-state index in [1.807, 2.05) is 27.7 Å². The van der Waals surface area contributed by atoms with Gasteiger partial charge in [-0.1, -0.05) is 27.7 Å². The van der Waals surface area contributed by atoms with Gasteiger partial charge in [-0.25, -0.2) is 4.79 Å². The summed E-state index contributed by atoms with van der Waals surface area (Å²) in [5.74, 6) is -0.994. The van der Waals surface area contributed by atoms with Crippen LogP contribution >= 0.6 is 11.9 Å². The van der Waals surface area contributed by atoms with E-state index < -0.39 is 58.5 Å². The minimum Gasteiger partial charge on any atom is -0.0603 e. The molecule has 39 heavy (non-hydrogen) atoms. The molecule has 214 valence electrons. The van der Waals surface area contributed by atoms with Crippen LogP contribution in [0, 0.1) is 11.8 Å². The summed E-state index contributed by atoms with van der Waals surface area (Å²) in [6, 6.07) is 4.34. The van der Waals surface area contributed by atoms with Gasteiger partial charge in [-0.15, -0.1) is 0 Å². The number of amides is 6. The second-order valence-corrected chi connectivity index (χ2v) is 17.1. The first-order valence-electron chi connectivity index (χ1n) is 12.9. The second-order valence-electron chi connectivity index (χ2n) is 9.79. The molecule has 2 atom stereocenters. The second kappa shape index (κ2) is 18.8. The van der Waals surface area contributed by atoms with Crippen molar-refractivity contribution in [3.63, 3.8) is 0 Å². The van der Waals surface area contributed by atoms with Crippen LogP contribution < -0.4 is 30.1 Å². The molecule has 0 bridgehead atoms. The number of ether oxygens (including phenoxy) is 1. The number of hydrogen-bond acceptors (Lipinski definition) is 6. The smallest absolute Gasteiger partial charge is 0.0176 e. The molecule has 7 N–H and O–H groups in total. The zero-order valence-electron chi connectivity index (χ0n) is 23.0. The maximum atomic E-state index is 13.1. The van der Waals surface area contributed by atoms with Crippen molar-refractivity contribution < 1.29 is 51.2 Å². The standard InChI is InChI=1S/C25H40N6O6.BrH.Hg/c1-15(2)7-12-20(32)31-21(16(3)4)23(34)30-19(6-5-13-28-24(26)35)22(33)29-18-10-8-17(9-11-18)14-37-25(27)36;;/h8-11,15-16,19,21H,5-7,12-14H2,1-4H3,(H8,26,27,28,29,30,31,32,33,34,35,36);1H;/q;;+2/p-2. The van der Waals surface area contributed by atoms with Crippen LogP contribution in [0.4, 0.5) is 15.3 Å². The van der Waals surface area contributed by atoms with Gasteiger partial charge in [0.25, 0.3) is 0 Å². The van der Waals surface area contributed by atoms with Crippen LogP contribution in [0.5, 0.6) is 0 Å². The van der Waals surface area contributed by atoms with Gasteiger partial charge in [-0.2, -0.15) is 0 Å². The van der Waals surface area contributed by atoms with Gasteiger partial charge < -0.3 is 16.4 Å². The SMILES string of the molecule is CC(C)CCC(=O)NC(C(=O)NC(CCCNC(N)=O)C(=O)Nc1ccc(COC(=O)[NH][Hg][Br])cc1)C(C)C. The summed E-state index contributed by atoms with van der Waals surface area (Å²) in [5, 5.41) is 10.8. The topological polar surface area (TPSA) is 181 Å². The van der Waals surface area contributed by atoms with Gasteiger partial charge in [-0.3, -0.25) is 9.59 Å². The molecular formula is C25H39BrHgN6O6. The van der Waals surface area contributed by atoms with Gasteiger partial charge in [-0.05, 0) is 24.7 Å². The number of urea groups is 1. The minimum absolute atomic E-state index is 0.0892. The number of hydrogen-bond donors (Lipinski definition) is 6. The van der Waals surface area contributed by atoms with E-state index in [2.05, 4.69) is 36.3 Å². The van der Waals surface area contributed by atoms with Gasteiger partial charge >= 0.3 is 135 Å². The molecule has 2 unspecified atom stereocenters. The molecule has 1 aromatic carbocycles. The predicted octanol–water partition coefficient (Wildman–Crippen LogP) is 2.67. The summed E-state index contributed by atoms with van der Waals surface area (Å²) in [4.78, 5) is 61.2. The Labute approximate surface area is 247 Å². The van der Waals surface area contributed by atoms with Gasteiger partial charge in [0, 0.05) is 13.0 Å². The van der Waals surface area contributed by atoms with E-state index in [4.69, 9.17) is 10.5 Å². The molecule has 1 rings (SSSR count). The monoisotopic (exact) mass is 800 g/mol. The van der Waals surface area contributed by atoms with E-state index in [0.717, 1.165) is 5.56 Å². The van der Waals surface area contributed by atoms with Gasteiger partial charge in [0.15, 0.2) is 0 Å². The summed E-state index contributed by atoms with van der Waals surface area (Å²) in [7, 11) is 0. The molecule has 0 saturated heterocycles. The normalized spacial score (nSPS) is 12.1. The van der Waals surface area contributed by atoms with Crippen LogP contribution in [0.25, 0.3) is 0 Å². The molecule has 0 aliphatic heterocycles. The third-order valence-corrected chi connectivity index (χ3v) is 9.72. The van der Waals surface area contributed by atoms with Crippen molar-refractivity contribution >= 4 is 47.4 Å². The fourth-order valence-electron chi connectivity index (χ4n) is 3.42. The molecule has 0 aliphatic carbocycles. The maximum absolute atomic E-state index is 13.1. The van der Waals surface area contributed by atoms with Crippen LogP contribution in [0.2, 0.25) is 0 Å². The van der Waals surface area contributed by atoms with E-state index >= 15 is 0 Å². The molecule has 6 amide bonds. The van der Waals surface area contributed by atoms with Crippen molar-refractivity contribution in [2.24, 2.45) is 17.6 Å².